The third-order valence-electron chi connectivity index (χ3n) is 1.36. The van der Waals surface area contributed by atoms with Crippen molar-refractivity contribution in [2.24, 2.45) is 0 Å². The monoisotopic (exact) mass is 153 g/mol. The summed E-state index contributed by atoms with van der Waals surface area (Å²) in [6, 6.07) is 1.81. The van der Waals surface area contributed by atoms with Gasteiger partial charge in [-0.05, 0) is 19.9 Å². The van der Waals surface area contributed by atoms with E-state index in [1.165, 1.54) is 0 Å². The summed E-state index contributed by atoms with van der Waals surface area (Å²) in [5.41, 5.74) is 0.934. The van der Waals surface area contributed by atoms with Crippen LogP contribution in [0.5, 0.6) is 0 Å². The summed E-state index contributed by atoms with van der Waals surface area (Å²) in [5, 5.41) is 7.37. The number of ether oxygens (including phenoxy) is 1. The van der Waals surface area contributed by atoms with Gasteiger partial charge in [0.15, 0.2) is 5.76 Å². The standard InChI is InChI=1S/C8H11NO2/c1-3-10-8(9)7-6(2)4-5-11-7/h4-5,9H,3H2,1-2H3. The Morgan fingerprint density at radius 1 is 1.73 bits per heavy atom. The molecule has 0 aliphatic rings. The van der Waals surface area contributed by atoms with E-state index in [1.54, 1.807) is 6.26 Å². The Balaban J connectivity index is 2.76. The van der Waals surface area contributed by atoms with Crippen LogP contribution >= 0.6 is 0 Å². The van der Waals surface area contributed by atoms with E-state index in [-0.39, 0.29) is 5.90 Å². The minimum absolute atomic E-state index is 0.106. The zero-order valence-corrected chi connectivity index (χ0v) is 6.68. The first-order valence-corrected chi connectivity index (χ1v) is 3.51. The molecule has 1 rings (SSSR count). The maximum atomic E-state index is 7.37. The van der Waals surface area contributed by atoms with Crippen LogP contribution in [0.4, 0.5) is 0 Å². The van der Waals surface area contributed by atoms with Crippen LogP contribution in [0.25, 0.3) is 0 Å². The molecule has 1 aromatic heterocycles. The lowest BCUT2D eigenvalue weighted by atomic mass is 10.3. The minimum Gasteiger partial charge on any atom is -0.476 e. The summed E-state index contributed by atoms with van der Waals surface area (Å²) >= 11 is 0. The van der Waals surface area contributed by atoms with Crippen LogP contribution in [0.15, 0.2) is 16.7 Å². The third-order valence-corrected chi connectivity index (χ3v) is 1.36. The van der Waals surface area contributed by atoms with Crippen LogP contribution in [0.3, 0.4) is 0 Å². The Kier molecular flexibility index (Phi) is 2.31. The molecule has 0 radical (unpaired) electrons. The maximum Gasteiger partial charge on any atom is 0.250 e. The molecule has 0 fully saturated rings. The maximum absolute atomic E-state index is 7.37. The van der Waals surface area contributed by atoms with Gasteiger partial charge in [-0.15, -0.1) is 0 Å². The second-order valence-electron chi connectivity index (χ2n) is 2.19. The SMILES string of the molecule is CCOC(=N)c1occc1C. The highest BCUT2D eigenvalue weighted by Crippen LogP contribution is 2.09. The van der Waals surface area contributed by atoms with Gasteiger partial charge in [-0.3, -0.25) is 5.41 Å². The van der Waals surface area contributed by atoms with Crippen molar-refractivity contribution >= 4 is 5.90 Å². The number of nitrogens with one attached hydrogen (secondary N) is 1. The van der Waals surface area contributed by atoms with Crippen LogP contribution in [0.2, 0.25) is 0 Å². The molecule has 0 saturated heterocycles. The lowest BCUT2D eigenvalue weighted by Gasteiger charge is -2.01. The van der Waals surface area contributed by atoms with Crippen LogP contribution in [-0.4, -0.2) is 12.5 Å². The van der Waals surface area contributed by atoms with Crippen LogP contribution in [0.1, 0.15) is 18.2 Å². The zero-order valence-electron chi connectivity index (χ0n) is 6.68. The Bertz CT molecular complexity index is 252. The van der Waals surface area contributed by atoms with Gasteiger partial charge in [-0.2, -0.15) is 0 Å². The van der Waals surface area contributed by atoms with Crippen LogP contribution < -0.4 is 0 Å². The number of rotatable bonds is 2. The van der Waals surface area contributed by atoms with Crippen molar-refractivity contribution in [2.75, 3.05) is 6.61 Å². The van der Waals surface area contributed by atoms with Crippen molar-refractivity contribution < 1.29 is 9.15 Å². The van der Waals surface area contributed by atoms with E-state index in [9.17, 15) is 0 Å². The number of hydrogen-bond donors (Lipinski definition) is 1. The van der Waals surface area contributed by atoms with Gasteiger partial charge in [0.2, 0.25) is 5.90 Å². The predicted molar refractivity (Wildman–Crippen MR) is 41.9 cm³/mol. The topological polar surface area (TPSA) is 46.2 Å². The fraction of sp³-hybridized carbons (Fsp3) is 0.375. The summed E-state index contributed by atoms with van der Waals surface area (Å²) in [6.07, 6.45) is 1.55. The lowest BCUT2D eigenvalue weighted by molar-refractivity contribution is 0.315. The predicted octanol–water partition coefficient (Wildman–Crippen LogP) is 1.95. The fourth-order valence-electron chi connectivity index (χ4n) is 0.815. The van der Waals surface area contributed by atoms with Crippen molar-refractivity contribution in [2.45, 2.75) is 13.8 Å². The normalized spacial score (nSPS) is 9.64. The molecule has 11 heavy (non-hydrogen) atoms. The summed E-state index contributed by atoms with van der Waals surface area (Å²) in [5.74, 6) is 0.627. The van der Waals surface area contributed by atoms with E-state index >= 15 is 0 Å². The smallest absolute Gasteiger partial charge is 0.250 e. The van der Waals surface area contributed by atoms with Crippen molar-refractivity contribution in [3.63, 3.8) is 0 Å². The van der Waals surface area contributed by atoms with Gasteiger partial charge in [-0.1, -0.05) is 0 Å². The van der Waals surface area contributed by atoms with E-state index in [0.717, 1.165) is 5.56 Å². The average Bonchev–Trinajstić information content (AvgIpc) is 2.36. The zero-order chi connectivity index (χ0) is 8.27. The number of furan rings is 1. The molecule has 1 N–H and O–H groups in total. The Labute approximate surface area is 65.5 Å². The molecule has 0 aromatic carbocycles. The second-order valence-corrected chi connectivity index (χ2v) is 2.19. The summed E-state index contributed by atoms with van der Waals surface area (Å²) in [6.45, 7) is 4.22. The van der Waals surface area contributed by atoms with E-state index in [4.69, 9.17) is 14.6 Å². The highest BCUT2D eigenvalue weighted by atomic mass is 16.5. The van der Waals surface area contributed by atoms with Gasteiger partial charge < -0.3 is 9.15 Å². The first-order chi connectivity index (χ1) is 5.25. The van der Waals surface area contributed by atoms with Crippen LogP contribution in [0, 0.1) is 12.3 Å². The molecule has 0 spiro atoms. The minimum atomic E-state index is 0.106. The van der Waals surface area contributed by atoms with Gasteiger partial charge in [-0.25, -0.2) is 0 Å². The molecule has 0 bridgehead atoms. The van der Waals surface area contributed by atoms with Gasteiger partial charge in [0.25, 0.3) is 0 Å². The van der Waals surface area contributed by atoms with Crippen molar-refractivity contribution in [3.05, 3.63) is 23.7 Å². The van der Waals surface area contributed by atoms with E-state index in [2.05, 4.69) is 0 Å². The molecule has 3 heteroatoms. The molecule has 0 saturated carbocycles. The summed E-state index contributed by atoms with van der Waals surface area (Å²) < 4.78 is 9.99. The Morgan fingerprint density at radius 3 is 2.91 bits per heavy atom. The van der Waals surface area contributed by atoms with Crippen molar-refractivity contribution in [1.29, 1.82) is 5.41 Å². The van der Waals surface area contributed by atoms with Gasteiger partial charge in [0.05, 0.1) is 12.9 Å². The Hall–Kier alpha value is -1.25. The molecule has 0 atom stereocenters. The second kappa shape index (κ2) is 3.23. The highest BCUT2D eigenvalue weighted by molar-refractivity contribution is 5.89. The first-order valence-electron chi connectivity index (χ1n) is 3.51. The van der Waals surface area contributed by atoms with Gasteiger partial charge in [0, 0.05) is 5.56 Å². The molecule has 0 amide bonds. The first kappa shape index (κ1) is 7.85. The molecular weight excluding hydrogens is 142 g/mol. The lowest BCUT2D eigenvalue weighted by Crippen LogP contribution is -2.04. The molecule has 0 aliphatic heterocycles. The molecule has 60 valence electrons. The highest BCUT2D eigenvalue weighted by Gasteiger charge is 2.08. The molecule has 0 aliphatic carbocycles. The van der Waals surface area contributed by atoms with E-state index in [0.29, 0.717) is 12.4 Å². The molecule has 1 heterocycles. The molecular formula is C8H11NO2. The quantitative estimate of drug-likeness (QED) is 0.521. The molecule has 3 nitrogen and oxygen atoms in total. The number of aryl methyl sites for hydroxylation is 1. The summed E-state index contributed by atoms with van der Waals surface area (Å²) in [7, 11) is 0. The fourth-order valence-corrected chi connectivity index (χ4v) is 0.815. The summed E-state index contributed by atoms with van der Waals surface area (Å²) in [4.78, 5) is 0. The van der Waals surface area contributed by atoms with Gasteiger partial charge in [0.1, 0.15) is 0 Å². The van der Waals surface area contributed by atoms with E-state index in [1.807, 2.05) is 19.9 Å². The van der Waals surface area contributed by atoms with Crippen molar-refractivity contribution in [3.8, 4) is 0 Å². The van der Waals surface area contributed by atoms with Crippen molar-refractivity contribution in [1.82, 2.24) is 0 Å². The number of hydrogen-bond acceptors (Lipinski definition) is 3. The average molecular weight is 153 g/mol. The third kappa shape index (κ3) is 1.61. The van der Waals surface area contributed by atoms with E-state index < -0.39 is 0 Å². The largest absolute Gasteiger partial charge is 0.476 e. The molecule has 1 aromatic rings. The van der Waals surface area contributed by atoms with Crippen LogP contribution in [-0.2, 0) is 4.74 Å². The molecule has 0 unspecified atom stereocenters. The Morgan fingerprint density at radius 2 is 2.45 bits per heavy atom. The van der Waals surface area contributed by atoms with Gasteiger partial charge >= 0.3 is 0 Å².